The third-order valence-electron chi connectivity index (χ3n) is 3.69. The van der Waals surface area contributed by atoms with Crippen LogP contribution in [0.15, 0.2) is 54.6 Å². The van der Waals surface area contributed by atoms with Gasteiger partial charge < -0.3 is 0 Å². The Balaban J connectivity index is 1.80. The SMILES string of the molecule is N#CC1(Cc2ccc(-c3ccccc3)cc2)CC1. The van der Waals surface area contributed by atoms with Gasteiger partial charge in [-0.25, -0.2) is 0 Å². The molecule has 0 aliphatic heterocycles. The van der Waals surface area contributed by atoms with E-state index in [-0.39, 0.29) is 5.41 Å². The summed E-state index contributed by atoms with van der Waals surface area (Å²) in [6.07, 6.45) is 3.02. The molecule has 0 amide bonds. The fraction of sp³-hybridized carbons (Fsp3) is 0.235. The zero-order valence-corrected chi connectivity index (χ0v) is 10.3. The van der Waals surface area contributed by atoms with E-state index in [1.165, 1.54) is 16.7 Å². The summed E-state index contributed by atoms with van der Waals surface area (Å²) in [5.74, 6) is 0. The summed E-state index contributed by atoms with van der Waals surface area (Å²) in [6, 6.07) is 21.4. The normalized spacial score (nSPS) is 15.9. The van der Waals surface area contributed by atoms with E-state index in [1.54, 1.807) is 0 Å². The van der Waals surface area contributed by atoms with E-state index in [1.807, 2.05) is 6.07 Å². The molecule has 0 radical (unpaired) electrons. The maximum Gasteiger partial charge on any atom is 0.0693 e. The molecule has 0 heterocycles. The average Bonchev–Trinajstić information content (AvgIpc) is 3.21. The van der Waals surface area contributed by atoms with Gasteiger partial charge in [-0.1, -0.05) is 54.6 Å². The standard InChI is InChI=1S/C17H15N/c18-13-17(10-11-17)12-14-6-8-16(9-7-14)15-4-2-1-3-5-15/h1-9H,10-12H2. The smallest absolute Gasteiger partial charge is 0.0693 e. The highest BCUT2D eigenvalue weighted by molar-refractivity contribution is 5.63. The van der Waals surface area contributed by atoms with Gasteiger partial charge in [0.05, 0.1) is 11.5 Å². The molecule has 0 spiro atoms. The van der Waals surface area contributed by atoms with Gasteiger partial charge in [0, 0.05) is 0 Å². The fourth-order valence-electron chi connectivity index (χ4n) is 2.32. The molecule has 0 unspecified atom stereocenters. The quantitative estimate of drug-likeness (QED) is 0.779. The Kier molecular flexibility index (Phi) is 2.64. The van der Waals surface area contributed by atoms with E-state index >= 15 is 0 Å². The average molecular weight is 233 g/mol. The molecule has 1 fully saturated rings. The molecule has 0 N–H and O–H groups in total. The summed E-state index contributed by atoms with van der Waals surface area (Å²) in [7, 11) is 0. The van der Waals surface area contributed by atoms with Crippen molar-refractivity contribution in [1.82, 2.24) is 0 Å². The van der Waals surface area contributed by atoms with Gasteiger partial charge in [0.15, 0.2) is 0 Å². The van der Waals surface area contributed by atoms with E-state index in [0.717, 1.165) is 19.3 Å². The van der Waals surface area contributed by atoms with E-state index in [2.05, 4.69) is 54.6 Å². The largest absolute Gasteiger partial charge is 0.198 e. The van der Waals surface area contributed by atoms with Crippen molar-refractivity contribution in [2.75, 3.05) is 0 Å². The van der Waals surface area contributed by atoms with Crippen LogP contribution in [0.1, 0.15) is 18.4 Å². The van der Waals surface area contributed by atoms with Crippen molar-refractivity contribution >= 4 is 0 Å². The van der Waals surface area contributed by atoms with Crippen molar-refractivity contribution in [3.05, 3.63) is 60.2 Å². The third kappa shape index (κ3) is 2.15. The third-order valence-corrected chi connectivity index (χ3v) is 3.69. The second-order valence-corrected chi connectivity index (χ2v) is 5.13. The van der Waals surface area contributed by atoms with Crippen LogP contribution in [0.4, 0.5) is 0 Å². The van der Waals surface area contributed by atoms with Crippen molar-refractivity contribution in [1.29, 1.82) is 5.26 Å². The molecule has 0 bridgehead atoms. The molecule has 1 aliphatic rings. The molecule has 3 rings (SSSR count). The summed E-state index contributed by atoms with van der Waals surface area (Å²) in [4.78, 5) is 0. The lowest BCUT2D eigenvalue weighted by Crippen LogP contribution is -2.00. The molecule has 1 aliphatic carbocycles. The first-order chi connectivity index (χ1) is 8.81. The van der Waals surface area contributed by atoms with Gasteiger partial charge in [-0.2, -0.15) is 5.26 Å². The van der Waals surface area contributed by atoms with Crippen molar-refractivity contribution in [3.8, 4) is 17.2 Å². The van der Waals surface area contributed by atoms with Crippen molar-refractivity contribution < 1.29 is 0 Å². The number of hydrogen-bond acceptors (Lipinski definition) is 1. The minimum Gasteiger partial charge on any atom is -0.198 e. The molecule has 1 saturated carbocycles. The predicted molar refractivity (Wildman–Crippen MR) is 72.9 cm³/mol. The molecular formula is C17H15N. The van der Waals surface area contributed by atoms with Crippen molar-refractivity contribution in [3.63, 3.8) is 0 Å². The molecule has 1 nitrogen and oxygen atoms in total. The minimum absolute atomic E-state index is 0.0474. The van der Waals surface area contributed by atoms with Crippen LogP contribution in [0.3, 0.4) is 0 Å². The number of nitriles is 1. The summed E-state index contributed by atoms with van der Waals surface area (Å²) in [5.41, 5.74) is 3.70. The highest BCUT2D eigenvalue weighted by Crippen LogP contribution is 2.47. The lowest BCUT2D eigenvalue weighted by Gasteiger charge is -2.07. The predicted octanol–water partition coefficient (Wildman–Crippen LogP) is 4.20. The Morgan fingerprint density at radius 2 is 1.50 bits per heavy atom. The van der Waals surface area contributed by atoms with Gasteiger partial charge >= 0.3 is 0 Å². The fourth-order valence-corrected chi connectivity index (χ4v) is 2.32. The molecule has 1 heteroatoms. The van der Waals surface area contributed by atoms with Gasteiger partial charge in [0.25, 0.3) is 0 Å². The molecule has 88 valence electrons. The number of benzene rings is 2. The summed E-state index contributed by atoms with van der Waals surface area (Å²) >= 11 is 0. The lowest BCUT2D eigenvalue weighted by molar-refractivity contribution is 0.665. The highest BCUT2D eigenvalue weighted by atomic mass is 14.5. The first-order valence-electron chi connectivity index (χ1n) is 6.37. The van der Waals surface area contributed by atoms with Gasteiger partial charge in [0.1, 0.15) is 0 Å². The van der Waals surface area contributed by atoms with Crippen LogP contribution < -0.4 is 0 Å². The Hall–Kier alpha value is -2.07. The topological polar surface area (TPSA) is 23.8 Å². The Morgan fingerprint density at radius 1 is 0.889 bits per heavy atom. The second kappa shape index (κ2) is 4.31. The van der Waals surface area contributed by atoms with Gasteiger partial charge in [-0.15, -0.1) is 0 Å². The van der Waals surface area contributed by atoms with Gasteiger partial charge in [-0.05, 0) is 36.0 Å². The number of hydrogen-bond donors (Lipinski definition) is 0. The second-order valence-electron chi connectivity index (χ2n) is 5.13. The van der Waals surface area contributed by atoms with E-state index in [9.17, 15) is 0 Å². The molecule has 0 atom stereocenters. The van der Waals surface area contributed by atoms with Crippen molar-refractivity contribution in [2.45, 2.75) is 19.3 Å². The highest BCUT2D eigenvalue weighted by Gasteiger charge is 2.42. The molecule has 2 aromatic carbocycles. The van der Waals surface area contributed by atoms with Crippen LogP contribution in [0.5, 0.6) is 0 Å². The first-order valence-corrected chi connectivity index (χ1v) is 6.37. The van der Waals surface area contributed by atoms with Crippen LogP contribution in [-0.4, -0.2) is 0 Å². The molecule has 18 heavy (non-hydrogen) atoms. The summed E-state index contributed by atoms with van der Waals surface area (Å²) in [5, 5.41) is 9.10. The molecule has 0 saturated heterocycles. The summed E-state index contributed by atoms with van der Waals surface area (Å²) < 4.78 is 0. The summed E-state index contributed by atoms with van der Waals surface area (Å²) in [6.45, 7) is 0. The van der Waals surface area contributed by atoms with Crippen LogP contribution in [0.25, 0.3) is 11.1 Å². The van der Waals surface area contributed by atoms with Crippen molar-refractivity contribution in [2.24, 2.45) is 5.41 Å². The van der Waals surface area contributed by atoms with Crippen LogP contribution in [0, 0.1) is 16.7 Å². The van der Waals surface area contributed by atoms with E-state index in [4.69, 9.17) is 5.26 Å². The maximum atomic E-state index is 9.10. The van der Waals surface area contributed by atoms with Crippen LogP contribution >= 0.6 is 0 Å². The maximum absolute atomic E-state index is 9.10. The van der Waals surface area contributed by atoms with Gasteiger partial charge in [-0.3, -0.25) is 0 Å². The van der Waals surface area contributed by atoms with E-state index in [0.29, 0.717) is 0 Å². The zero-order valence-electron chi connectivity index (χ0n) is 10.3. The van der Waals surface area contributed by atoms with E-state index < -0.39 is 0 Å². The lowest BCUT2D eigenvalue weighted by atomic mass is 9.96. The Morgan fingerprint density at radius 3 is 2.06 bits per heavy atom. The Labute approximate surface area is 108 Å². The van der Waals surface area contributed by atoms with Gasteiger partial charge in [0.2, 0.25) is 0 Å². The Bertz CT molecular complexity index is 571. The minimum atomic E-state index is -0.0474. The molecule has 2 aromatic rings. The number of nitrogens with zero attached hydrogens (tertiary/aromatic N) is 1. The van der Waals surface area contributed by atoms with Crippen LogP contribution in [0.2, 0.25) is 0 Å². The monoisotopic (exact) mass is 233 g/mol. The molecular weight excluding hydrogens is 218 g/mol. The zero-order chi connectivity index (χ0) is 12.4. The first kappa shape index (κ1) is 11.0. The van der Waals surface area contributed by atoms with Crippen LogP contribution in [-0.2, 0) is 6.42 Å². The number of rotatable bonds is 3. The molecule has 0 aromatic heterocycles.